The maximum atomic E-state index is 13.0. The first-order valence-corrected chi connectivity index (χ1v) is 11.2. The second kappa shape index (κ2) is 9.62. The molecule has 2 N–H and O–H groups in total. The van der Waals surface area contributed by atoms with Crippen LogP contribution >= 0.6 is 0 Å². The molecule has 2 amide bonds. The third-order valence-electron chi connectivity index (χ3n) is 6.58. The average Bonchev–Trinajstić information content (AvgIpc) is 3.12. The van der Waals surface area contributed by atoms with Crippen molar-refractivity contribution in [3.05, 3.63) is 59.7 Å². The lowest BCUT2D eigenvalue weighted by Gasteiger charge is -2.39. The molecule has 0 spiro atoms. The Labute approximate surface area is 193 Å². The molecule has 0 bridgehead atoms. The van der Waals surface area contributed by atoms with Crippen LogP contribution in [0.3, 0.4) is 0 Å². The number of carbonyl (C=O) groups excluding carboxylic acids is 2. The zero-order valence-electron chi connectivity index (χ0n) is 18.9. The quantitative estimate of drug-likeness (QED) is 0.700. The van der Waals surface area contributed by atoms with Gasteiger partial charge in [-0.2, -0.15) is 0 Å². The Balaban J connectivity index is 1.42. The summed E-state index contributed by atoms with van der Waals surface area (Å²) in [5.41, 5.74) is 4.39. The van der Waals surface area contributed by atoms with Crippen LogP contribution in [0.5, 0.6) is 0 Å². The van der Waals surface area contributed by atoms with E-state index in [0.717, 1.165) is 22.3 Å². The highest BCUT2D eigenvalue weighted by Gasteiger charge is 2.33. The average molecular weight is 452 g/mol. The minimum Gasteiger partial charge on any atom is -0.481 e. The number of piperazine rings is 1. The van der Waals surface area contributed by atoms with Crippen molar-refractivity contribution < 1.29 is 24.2 Å². The molecule has 174 valence electrons. The summed E-state index contributed by atoms with van der Waals surface area (Å²) in [5.74, 6) is -1.67. The Kier molecular flexibility index (Phi) is 6.65. The molecule has 1 aliphatic heterocycles. The molecular formula is C25H29N3O5. The first kappa shape index (κ1) is 22.8. The van der Waals surface area contributed by atoms with E-state index < -0.39 is 30.4 Å². The Hall–Kier alpha value is -3.39. The lowest BCUT2D eigenvalue weighted by molar-refractivity contribution is -0.143. The molecule has 33 heavy (non-hydrogen) atoms. The summed E-state index contributed by atoms with van der Waals surface area (Å²) in [6.45, 7) is 3.77. The minimum absolute atomic E-state index is 0.0966. The predicted octanol–water partition coefficient (Wildman–Crippen LogP) is 2.53. The number of ether oxygens (including phenoxy) is 1. The van der Waals surface area contributed by atoms with Crippen molar-refractivity contribution >= 4 is 18.0 Å². The number of amides is 2. The van der Waals surface area contributed by atoms with Gasteiger partial charge in [0, 0.05) is 31.6 Å². The summed E-state index contributed by atoms with van der Waals surface area (Å²) in [7, 11) is 1.98. The number of likely N-dealkylation sites (N-methyl/N-ethyl adjacent to an activating group) is 1. The van der Waals surface area contributed by atoms with Crippen molar-refractivity contribution in [2.24, 2.45) is 0 Å². The van der Waals surface area contributed by atoms with Crippen molar-refractivity contribution in [1.29, 1.82) is 0 Å². The number of alkyl carbamates (subject to hydrolysis) is 1. The highest BCUT2D eigenvalue weighted by Crippen LogP contribution is 2.44. The van der Waals surface area contributed by atoms with Gasteiger partial charge in [0.2, 0.25) is 5.91 Å². The number of nitrogens with one attached hydrogen (secondary N) is 1. The number of hydrogen-bond acceptors (Lipinski definition) is 5. The molecule has 1 aliphatic carbocycles. The summed E-state index contributed by atoms with van der Waals surface area (Å²) in [4.78, 5) is 40.7. The molecule has 0 saturated carbocycles. The maximum Gasteiger partial charge on any atom is 0.407 e. The van der Waals surface area contributed by atoms with Gasteiger partial charge in [0.05, 0.1) is 6.42 Å². The van der Waals surface area contributed by atoms with E-state index in [1.807, 2.05) is 62.5 Å². The Bertz CT molecular complexity index is 1010. The molecule has 1 fully saturated rings. The highest BCUT2D eigenvalue weighted by atomic mass is 16.5. The second-order valence-electron chi connectivity index (χ2n) is 8.73. The molecular weight excluding hydrogens is 422 g/mol. The van der Waals surface area contributed by atoms with Crippen LogP contribution in [0.4, 0.5) is 4.79 Å². The highest BCUT2D eigenvalue weighted by molar-refractivity contribution is 5.89. The van der Waals surface area contributed by atoms with Gasteiger partial charge in [0.1, 0.15) is 12.6 Å². The zero-order chi connectivity index (χ0) is 23.5. The third kappa shape index (κ3) is 4.85. The van der Waals surface area contributed by atoms with Gasteiger partial charge in [-0.05, 0) is 36.2 Å². The Morgan fingerprint density at radius 2 is 1.67 bits per heavy atom. The first-order chi connectivity index (χ1) is 15.8. The van der Waals surface area contributed by atoms with Crippen LogP contribution in [0.25, 0.3) is 11.1 Å². The van der Waals surface area contributed by atoms with Gasteiger partial charge in [0.25, 0.3) is 0 Å². The number of carboxylic acids is 1. The van der Waals surface area contributed by atoms with Crippen molar-refractivity contribution in [1.82, 2.24) is 15.1 Å². The van der Waals surface area contributed by atoms with Crippen molar-refractivity contribution in [2.45, 2.75) is 31.3 Å². The molecule has 2 aromatic carbocycles. The topological polar surface area (TPSA) is 99.2 Å². The molecule has 1 saturated heterocycles. The Morgan fingerprint density at radius 3 is 2.24 bits per heavy atom. The lowest BCUT2D eigenvalue weighted by atomic mass is 9.98. The van der Waals surface area contributed by atoms with Gasteiger partial charge in [0.15, 0.2) is 0 Å². The number of carbonyl (C=O) groups is 3. The molecule has 2 aromatic rings. The summed E-state index contributed by atoms with van der Waals surface area (Å²) < 4.78 is 5.51. The van der Waals surface area contributed by atoms with Gasteiger partial charge in [-0.1, -0.05) is 48.5 Å². The fourth-order valence-corrected chi connectivity index (χ4v) is 4.63. The third-order valence-corrected chi connectivity index (χ3v) is 6.58. The van der Waals surface area contributed by atoms with Crippen LogP contribution in [0.15, 0.2) is 48.5 Å². The number of carboxylic acid groups (broad SMARTS) is 1. The van der Waals surface area contributed by atoms with Crippen molar-refractivity contribution in [2.75, 3.05) is 33.3 Å². The van der Waals surface area contributed by atoms with Crippen molar-refractivity contribution in [3.8, 4) is 11.1 Å². The minimum atomic E-state index is -1.17. The smallest absolute Gasteiger partial charge is 0.407 e. The molecule has 4 rings (SSSR count). The normalized spacial score (nSPS) is 18.8. The number of fused-ring (bicyclic) bond motifs is 3. The molecule has 2 aliphatic rings. The van der Waals surface area contributed by atoms with Crippen LogP contribution < -0.4 is 5.32 Å². The molecule has 2 unspecified atom stereocenters. The van der Waals surface area contributed by atoms with Crippen molar-refractivity contribution in [3.63, 3.8) is 0 Å². The number of nitrogens with zero attached hydrogens (tertiary/aromatic N) is 2. The van der Waals surface area contributed by atoms with Gasteiger partial charge in [-0.15, -0.1) is 0 Å². The molecule has 2 atom stereocenters. The van der Waals surface area contributed by atoms with E-state index in [4.69, 9.17) is 4.74 Å². The SMILES string of the molecule is CC1CN(C(=O)C(CC(=O)O)NC(=O)OCC2c3ccccc3-c3ccccc32)CCN1C. The van der Waals surface area contributed by atoms with E-state index in [9.17, 15) is 19.5 Å². The number of rotatable bonds is 6. The fourth-order valence-electron chi connectivity index (χ4n) is 4.63. The van der Waals surface area contributed by atoms with E-state index in [1.165, 1.54) is 0 Å². The van der Waals surface area contributed by atoms with Crippen LogP contribution in [0.1, 0.15) is 30.4 Å². The summed E-state index contributed by atoms with van der Waals surface area (Å²) in [6.07, 6.45) is -1.29. The molecule has 0 aromatic heterocycles. The summed E-state index contributed by atoms with van der Waals surface area (Å²) >= 11 is 0. The van der Waals surface area contributed by atoms with Gasteiger partial charge in [-0.25, -0.2) is 4.79 Å². The van der Waals surface area contributed by atoms with Crippen LogP contribution in [-0.4, -0.2) is 78.2 Å². The number of benzene rings is 2. The Morgan fingerprint density at radius 1 is 1.06 bits per heavy atom. The van der Waals surface area contributed by atoms with E-state index in [1.54, 1.807) is 4.90 Å². The summed E-state index contributed by atoms with van der Waals surface area (Å²) in [5, 5.41) is 11.8. The van der Waals surface area contributed by atoms with Crippen LogP contribution in [0, 0.1) is 0 Å². The predicted molar refractivity (Wildman–Crippen MR) is 123 cm³/mol. The lowest BCUT2D eigenvalue weighted by Crippen LogP contribution is -2.57. The fraction of sp³-hybridized carbons (Fsp3) is 0.400. The monoisotopic (exact) mass is 451 g/mol. The maximum absolute atomic E-state index is 13.0. The second-order valence-corrected chi connectivity index (χ2v) is 8.73. The molecule has 8 heteroatoms. The van der Waals surface area contributed by atoms with Gasteiger partial charge in [-0.3, -0.25) is 9.59 Å². The van der Waals surface area contributed by atoms with Crippen LogP contribution in [-0.2, 0) is 14.3 Å². The molecule has 8 nitrogen and oxygen atoms in total. The first-order valence-electron chi connectivity index (χ1n) is 11.2. The van der Waals surface area contributed by atoms with E-state index in [-0.39, 0.29) is 18.6 Å². The van der Waals surface area contributed by atoms with Gasteiger partial charge < -0.3 is 25.0 Å². The van der Waals surface area contributed by atoms with E-state index >= 15 is 0 Å². The largest absolute Gasteiger partial charge is 0.481 e. The molecule has 1 heterocycles. The zero-order valence-corrected chi connectivity index (χ0v) is 18.9. The standard InChI is InChI=1S/C25H29N3O5/c1-16-14-28(12-11-27(16)2)24(31)22(13-23(29)30)26-25(32)33-15-21-19-9-5-3-7-17(19)18-8-4-6-10-20(18)21/h3-10,16,21-22H,11-15H2,1-2H3,(H,26,32)(H,29,30). The number of hydrogen-bond donors (Lipinski definition) is 2. The van der Waals surface area contributed by atoms with Gasteiger partial charge >= 0.3 is 12.1 Å². The van der Waals surface area contributed by atoms with Crippen LogP contribution in [0.2, 0.25) is 0 Å². The van der Waals surface area contributed by atoms with E-state index in [2.05, 4.69) is 10.2 Å². The summed E-state index contributed by atoms with van der Waals surface area (Å²) in [6, 6.07) is 15.0. The van der Waals surface area contributed by atoms with E-state index in [0.29, 0.717) is 19.6 Å². The number of aliphatic carboxylic acids is 1. The molecule has 0 radical (unpaired) electrons.